The molecule has 0 spiro atoms. The third kappa shape index (κ3) is 4.53. The van der Waals surface area contributed by atoms with Crippen LogP contribution < -0.4 is 9.73 Å². The number of carbonyl (C=O) groups is 1. The van der Waals surface area contributed by atoms with Crippen LogP contribution in [0.1, 0.15) is 48.5 Å². The highest BCUT2D eigenvalue weighted by molar-refractivity contribution is 7.92. The van der Waals surface area contributed by atoms with Crippen molar-refractivity contribution in [2.45, 2.75) is 43.9 Å². The Kier molecular flexibility index (Phi) is 6.56. The molecule has 0 aliphatic carbocycles. The zero-order valence-corrected chi connectivity index (χ0v) is 19.8. The Bertz CT molecular complexity index is 1320. The summed E-state index contributed by atoms with van der Waals surface area (Å²) < 4.78 is 27.8. The van der Waals surface area contributed by atoms with Crippen LogP contribution >= 0.6 is 0 Å². The van der Waals surface area contributed by atoms with E-state index < -0.39 is 15.5 Å². The number of hydrogen-bond donors (Lipinski definition) is 1. The van der Waals surface area contributed by atoms with Crippen molar-refractivity contribution in [2.24, 2.45) is 0 Å². The van der Waals surface area contributed by atoms with Crippen LogP contribution in [0.5, 0.6) is 0 Å². The third-order valence-electron chi connectivity index (χ3n) is 6.34. The molecule has 1 amide bonds. The van der Waals surface area contributed by atoms with Gasteiger partial charge in [0, 0.05) is 37.2 Å². The average molecular weight is 468 g/mol. The fourth-order valence-corrected chi connectivity index (χ4v) is 5.42. The lowest BCUT2D eigenvalue weighted by Gasteiger charge is -2.21. The molecule has 1 fully saturated rings. The molecule has 0 radical (unpaired) electrons. The summed E-state index contributed by atoms with van der Waals surface area (Å²) in [6.45, 7) is 3.30. The van der Waals surface area contributed by atoms with E-state index in [-0.39, 0.29) is 21.8 Å². The van der Waals surface area contributed by atoms with Crippen molar-refractivity contribution < 1.29 is 13.2 Å². The molecular formula is C25H29N3O4S. The first-order valence-electron chi connectivity index (χ1n) is 11.4. The smallest absolute Gasteiger partial charge is 0.264 e. The number of nitrogens with zero attached hydrogens (tertiary/aromatic N) is 2. The third-order valence-corrected chi connectivity index (χ3v) is 8.12. The zero-order chi connectivity index (χ0) is 23.6. The van der Waals surface area contributed by atoms with Crippen LogP contribution in [0.25, 0.3) is 10.9 Å². The van der Waals surface area contributed by atoms with Gasteiger partial charge in [-0.15, -0.1) is 0 Å². The number of likely N-dealkylation sites (tertiary alicyclic amines) is 1. The van der Waals surface area contributed by atoms with Gasteiger partial charge < -0.3 is 9.88 Å². The van der Waals surface area contributed by atoms with Crippen LogP contribution in [0.2, 0.25) is 0 Å². The minimum atomic E-state index is -3.89. The molecule has 174 valence electrons. The van der Waals surface area contributed by atoms with Gasteiger partial charge in [-0.3, -0.25) is 13.9 Å². The Morgan fingerprint density at radius 3 is 2.33 bits per heavy atom. The summed E-state index contributed by atoms with van der Waals surface area (Å²) in [5, 5.41) is 0.187. The molecular weight excluding hydrogens is 438 g/mol. The van der Waals surface area contributed by atoms with Crippen molar-refractivity contribution in [1.82, 2.24) is 9.88 Å². The van der Waals surface area contributed by atoms with Crippen molar-refractivity contribution in [3.63, 3.8) is 0 Å². The quantitative estimate of drug-likeness (QED) is 0.616. The Morgan fingerprint density at radius 2 is 1.70 bits per heavy atom. The van der Waals surface area contributed by atoms with Crippen LogP contribution in [0.3, 0.4) is 0 Å². The molecule has 33 heavy (non-hydrogen) atoms. The van der Waals surface area contributed by atoms with E-state index in [0.29, 0.717) is 24.3 Å². The summed E-state index contributed by atoms with van der Waals surface area (Å²) >= 11 is 0. The van der Waals surface area contributed by atoms with Crippen molar-refractivity contribution in [1.29, 1.82) is 0 Å². The number of aryl methyl sites for hydroxylation is 1. The maximum absolute atomic E-state index is 13.3. The van der Waals surface area contributed by atoms with E-state index >= 15 is 0 Å². The second-order valence-corrected chi connectivity index (χ2v) is 10.4. The standard InChI is InChI=1S/C25H29N3O4S/c1-3-18-8-10-19(11-9-18)27(2)33(31,32)20-12-13-23-21(16-20)24(29)22(17-26-23)25(30)28-14-6-4-5-7-15-28/h8-13,16-17H,3-7,14-15H2,1-2H3,(H,26,29). The molecule has 1 saturated heterocycles. The van der Waals surface area contributed by atoms with Gasteiger partial charge in [0.1, 0.15) is 5.56 Å². The van der Waals surface area contributed by atoms with Crippen LogP contribution in [-0.2, 0) is 16.4 Å². The van der Waals surface area contributed by atoms with E-state index in [1.54, 1.807) is 23.1 Å². The first-order chi connectivity index (χ1) is 15.8. The summed E-state index contributed by atoms with van der Waals surface area (Å²) in [7, 11) is -2.40. The van der Waals surface area contributed by atoms with Gasteiger partial charge in [0.05, 0.1) is 10.6 Å². The highest BCUT2D eigenvalue weighted by atomic mass is 32.2. The lowest BCUT2D eigenvalue weighted by molar-refractivity contribution is 0.0760. The van der Waals surface area contributed by atoms with Gasteiger partial charge in [0.25, 0.3) is 15.9 Å². The average Bonchev–Trinajstić information content (AvgIpc) is 3.13. The van der Waals surface area contributed by atoms with Crippen molar-refractivity contribution >= 4 is 32.5 Å². The van der Waals surface area contributed by atoms with Crippen LogP contribution in [-0.4, -0.2) is 44.3 Å². The lowest BCUT2D eigenvalue weighted by atomic mass is 10.1. The summed E-state index contributed by atoms with van der Waals surface area (Å²) in [6.07, 6.45) is 6.30. The molecule has 1 aliphatic rings. The predicted molar refractivity (Wildman–Crippen MR) is 130 cm³/mol. The van der Waals surface area contributed by atoms with E-state index in [4.69, 9.17) is 0 Å². The number of nitrogens with one attached hydrogen (secondary N) is 1. The molecule has 1 aliphatic heterocycles. The van der Waals surface area contributed by atoms with Crippen molar-refractivity contribution in [2.75, 3.05) is 24.4 Å². The Labute approximate surface area is 194 Å². The van der Waals surface area contributed by atoms with E-state index in [1.165, 1.54) is 29.7 Å². The number of rotatable bonds is 5. The van der Waals surface area contributed by atoms with E-state index in [1.807, 2.05) is 19.1 Å². The number of hydrogen-bond acceptors (Lipinski definition) is 4. The number of benzene rings is 2. The fourth-order valence-electron chi connectivity index (χ4n) is 4.20. The molecule has 0 bridgehead atoms. The predicted octanol–water partition coefficient (Wildman–Crippen LogP) is 3.93. The Hall–Kier alpha value is -3.13. The Morgan fingerprint density at radius 1 is 1.03 bits per heavy atom. The topological polar surface area (TPSA) is 90.6 Å². The van der Waals surface area contributed by atoms with Gasteiger partial charge in [0.15, 0.2) is 0 Å². The highest BCUT2D eigenvalue weighted by Crippen LogP contribution is 2.24. The summed E-state index contributed by atoms with van der Waals surface area (Å²) in [5.74, 6) is -0.304. The second kappa shape index (κ2) is 9.39. The minimum absolute atomic E-state index is 0.00180. The maximum Gasteiger partial charge on any atom is 0.264 e. The number of H-pyrrole nitrogens is 1. The molecule has 4 rings (SSSR count). The summed E-state index contributed by atoms with van der Waals surface area (Å²) in [5.41, 5.74) is 1.73. The van der Waals surface area contributed by atoms with E-state index in [9.17, 15) is 18.0 Å². The largest absolute Gasteiger partial charge is 0.360 e. The molecule has 2 heterocycles. The van der Waals surface area contributed by atoms with Gasteiger partial charge in [-0.2, -0.15) is 0 Å². The molecule has 1 N–H and O–H groups in total. The number of anilines is 1. The van der Waals surface area contributed by atoms with Crippen molar-refractivity contribution in [3.8, 4) is 0 Å². The van der Waals surface area contributed by atoms with Gasteiger partial charge in [-0.25, -0.2) is 8.42 Å². The number of fused-ring (bicyclic) bond motifs is 1. The summed E-state index contributed by atoms with van der Waals surface area (Å²) in [6, 6.07) is 11.7. The van der Waals surface area contributed by atoms with Crippen molar-refractivity contribution in [3.05, 3.63) is 70.0 Å². The molecule has 0 saturated carbocycles. The zero-order valence-electron chi connectivity index (χ0n) is 19.0. The molecule has 0 unspecified atom stereocenters. The SMILES string of the molecule is CCc1ccc(N(C)S(=O)(=O)c2ccc3[nH]cc(C(=O)N4CCCCCC4)c(=O)c3c2)cc1. The number of amides is 1. The Balaban J connectivity index is 1.71. The van der Waals surface area contributed by atoms with E-state index in [0.717, 1.165) is 37.7 Å². The number of sulfonamides is 1. The maximum atomic E-state index is 13.3. The number of pyridine rings is 1. The van der Waals surface area contributed by atoms with Gasteiger partial charge >= 0.3 is 0 Å². The molecule has 2 aromatic carbocycles. The van der Waals surface area contributed by atoms with E-state index in [2.05, 4.69) is 4.98 Å². The molecule has 1 aromatic heterocycles. The minimum Gasteiger partial charge on any atom is -0.360 e. The monoisotopic (exact) mass is 467 g/mol. The second-order valence-electron chi connectivity index (χ2n) is 8.44. The first kappa shape index (κ1) is 23.0. The molecule has 8 heteroatoms. The van der Waals surface area contributed by atoms with Gasteiger partial charge in [0.2, 0.25) is 5.43 Å². The van der Waals surface area contributed by atoms with Crippen LogP contribution in [0.15, 0.2) is 58.4 Å². The first-order valence-corrected chi connectivity index (χ1v) is 12.8. The molecule has 7 nitrogen and oxygen atoms in total. The molecule has 0 atom stereocenters. The van der Waals surface area contributed by atoms with Crippen LogP contribution in [0.4, 0.5) is 5.69 Å². The normalized spacial score (nSPS) is 14.8. The number of carbonyl (C=O) groups excluding carboxylic acids is 1. The van der Waals surface area contributed by atoms with Gasteiger partial charge in [-0.05, 0) is 55.2 Å². The fraction of sp³-hybridized carbons (Fsp3) is 0.360. The molecule has 3 aromatic rings. The summed E-state index contributed by atoms with van der Waals surface area (Å²) in [4.78, 5) is 30.9. The van der Waals surface area contributed by atoms with Crippen LogP contribution in [0, 0.1) is 0 Å². The highest BCUT2D eigenvalue weighted by Gasteiger charge is 2.24. The number of aromatic nitrogens is 1. The van der Waals surface area contributed by atoms with Gasteiger partial charge in [-0.1, -0.05) is 31.9 Å². The lowest BCUT2D eigenvalue weighted by Crippen LogP contribution is -2.35. The number of aromatic amines is 1.